The molecule has 1 aliphatic rings. The average molecular weight is 408 g/mol. The average Bonchev–Trinajstić information content (AvgIpc) is 2.67. The number of hydrogen-bond donors (Lipinski definition) is 0. The van der Waals surface area contributed by atoms with E-state index in [0.29, 0.717) is 0 Å². The van der Waals surface area contributed by atoms with Crippen LogP contribution in [0, 0.1) is 0 Å². The zero-order valence-electron chi connectivity index (χ0n) is 15.8. The van der Waals surface area contributed by atoms with Gasteiger partial charge in [0.05, 0.1) is 12.2 Å². The van der Waals surface area contributed by atoms with Crippen molar-refractivity contribution in [3.05, 3.63) is 51.3 Å². The molecule has 0 bridgehead atoms. The number of carbonyl (C=O) groups excluding carboxylic acids is 1. The van der Waals surface area contributed by atoms with Crippen LogP contribution in [0.2, 0.25) is 0 Å². The molecular weight excluding hydrogens is 388 g/mol. The van der Waals surface area contributed by atoms with E-state index >= 15 is 0 Å². The fraction of sp³-hybridized carbons (Fsp3) is 0.353. The topological polar surface area (TPSA) is 111 Å². The molecule has 0 saturated carbocycles. The van der Waals surface area contributed by atoms with Gasteiger partial charge in [0.15, 0.2) is 11.0 Å². The molecule has 0 fully saturated rings. The summed E-state index contributed by atoms with van der Waals surface area (Å²) < 4.78 is 35.1. The second-order valence-electron chi connectivity index (χ2n) is 6.59. The Balaban J connectivity index is 2.20. The number of amides is 1. The Bertz CT molecular complexity index is 1160. The first kappa shape index (κ1) is 19.7. The first-order chi connectivity index (χ1) is 13.1. The first-order valence-electron chi connectivity index (χ1n) is 8.32. The minimum Gasteiger partial charge on any atom is -0.476 e. The number of aryl methyl sites for hydroxylation is 1. The third-order valence-corrected chi connectivity index (χ3v) is 6.20. The number of hydrogen-bond acceptors (Lipinski definition) is 6. The van der Waals surface area contributed by atoms with Crippen LogP contribution in [0.1, 0.15) is 0 Å². The molecule has 0 N–H and O–H groups in total. The Morgan fingerprint density at radius 2 is 1.82 bits per heavy atom. The lowest BCUT2D eigenvalue weighted by atomic mass is 10.2. The number of carbonyl (C=O) groups is 1. The van der Waals surface area contributed by atoms with E-state index < -0.39 is 38.2 Å². The van der Waals surface area contributed by atoms with Crippen molar-refractivity contribution in [1.29, 1.82) is 0 Å². The highest BCUT2D eigenvalue weighted by Gasteiger charge is 2.39. The predicted octanol–water partition coefficient (Wildman–Crippen LogP) is -0.871. The Hall–Kier alpha value is -3.08. The highest BCUT2D eigenvalue weighted by molar-refractivity contribution is 7.92. The van der Waals surface area contributed by atoms with E-state index in [1.165, 1.54) is 39.2 Å². The van der Waals surface area contributed by atoms with E-state index in [9.17, 15) is 22.8 Å². The summed E-state index contributed by atoms with van der Waals surface area (Å²) in [6.45, 7) is -0.303. The normalized spacial score (nSPS) is 16.3. The second kappa shape index (κ2) is 6.82. The molecule has 2 heterocycles. The van der Waals surface area contributed by atoms with Crippen LogP contribution in [0.15, 0.2) is 44.9 Å². The van der Waals surface area contributed by atoms with Gasteiger partial charge >= 0.3 is 5.69 Å². The Kier molecular flexibility index (Phi) is 4.79. The van der Waals surface area contributed by atoms with E-state index in [1.54, 1.807) is 18.2 Å². The van der Waals surface area contributed by atoms with Crippen LogP contribution < -0.4 is 20.3 Å². The van der Waals surface area contributed by atoms with Gasteiger partial charge in [-0.2, -0.15) is 0 Å². The van der Waals surface area contributed by atoms with Crippen molar-refractivity contribution in [3.63, 3.8) is 0 Å². The van der Waals surface area contributed by atoms with Gasteiger partial charge in [-0.1, -0.05) is 12.1 Å². The summed E-state index contributed by atoms with van der Waals surface area (Å²) in [6, 6.07) is 6.34. The van der Waals surface area contributed by atoms with Gasteiger partial charge < -0.3 is 14.2 Å². The van der Waals surface area contributed by atoms with Crippen LogP contribution in [0.3, 0.4) is 0 Å². The number of sulfonamides is 1. The van der Waals surface area contributed by atoms with Crippen molar-refractivity contribution in [2.75, 3.05) is 24.9 Å². The third-order valence-electron chi connectivity index (χ3n) is 4.43. The number of fused-ring (bicyclic) bond motifs is 1. The van der Waals surface area contributed by atoms with Crippen molar-refractivity contribution in [2.45, 2.75) is 11.0 Å². The van der Waals surface area contributed by atoms with Crippen LogP contribution in [0.25, 0.3) is 0 Å². The molecule has 3 rings (SSSR count). The minimum atomic E-state index is -4.37. The minimum absolute atomic E-state index is 0.208. The van der Waals surface area contributed by atoms with Gasteiger partial charge in [-0.25, -0.2) is 13.2 Å². The molecule has 1 atom stereocenters. The molecule has 2 aromatic rings. The van der Waals surface area contributed by atoms with E-state index in [0.717, 1.165) is 19.6 Å². The summed E-state index contributed by atoms with van der Waals surface area (Å²) in [6.07, 6.45) is -0.0861. The first-order valence-corrected chi connectivity index (χ1v) is 9.76. The summed E-state index contributed by atoms with van der Waals surface area (Å²) in [5, 5.41) is 0. The molecule has 28 heavy (non-hydrogen) atoms. The smallest absolute Gasteiger partial charge is 0.330 e. The largest absolute Gasteiger partial charge is 0.476 e. The summed E-state index contributed by atoms with van der Waals surface area (Å²) in [4.78, 5) is 37.6. The van der Waals surface area contributed by atoms with Crippen LogP contribution >= 0.6 is 0 Å². The number of para-hydroxylation sites is 2. The number of nitrogens with zero attached hydrogens (tertiary/aromatic N) is 4. The molecule has 11 heteroatoms. The molecular formula is C17H20N4O6S. The van der Waals surface area contributed by atoms with Crippen molar-refractivity contribution < 1.29 is 17.9 Å². The number of aromatic nitrogens is 2. The van der Waals surface area contributed by atoms with Crippen molar-refractivity contribution in [3.8, 4) is 5.75 Å². The molecule has 0 saturated heterocycles. The molecule has 1 aromatic carbocycles. The van der Waals surface area contributed by atoms with Gasteiger partial charge in [0.2, 0.25) is 0 Å². The zero-order chi connectivity index (χ0) is 20.8. The molecule has 0 radical (unpaired) electrons. The van der Waals surface area contributed by atoms with Crippen LogP contribution in [-0.4, -0.2) is 55.1 Å². The lowest BCUT2D eigenvalue weighted by Gasteiger charge is -2.35. The van der Waals surface area contributed by atoms with Crippen LogP contribution in [0.4, 0.5) is 5.69 Å². The molecule has 1 aliphatic heterocycles. The second-order valence-corrected chi connectivity index (χ2v) is 8.42. The van der Waals surface area contributed by atoms with Gasteiger partial charge in [-0.3, -0.25) is 18.5 Å². The molecule has 1 aromatic heterocycles. The van der Waals surface area contributed by atoms with Gasteiger partial charge in [-0.15, -0.1) is 0 Å². The maximum Gasteiger partial charge on any atom is 0.330 e. The lowest BCUT2D eigenvalue weighted by Crippen LogP contribution is -2.51. The number of rotatable bonds is 3. The molecule has 10 nitrogen and oxygen atoms in total. The van der Waals surface area contributed by atoms with E-state index in [-0.39, 0.29) is 18.0 Å². The monoisotopic (exact) mass is 408 g/mol. The number of anilines is 1. The standard InChI is InChI=1S/C17H20N4O6S/c1-18(2)15(22)13-9-21(11-7-5-6-8-12(11)27-13)28(25,26)14-10-19(3)17(24)20(4)16(14)23/h5-8,10,13H,9H2,1-4H3/t13-/m0/s1. The van der Waals surface area contributed by atoms with E-state index in [2.05, 4.69) is 0 Å². The van der Waals surface area contributed by atoms with Crippen molar-refractivity contribution in [1.82, 2.24) is 14.0 Å². The molecule has 150 valence electrons. The summed E-state index contributed by atoms with van der Waals surface area (Å²) in [5.41, 5.74) is -1.38. The highest BCUT2D eigenvalue weighted by Crippen LogP contribution is 2.36. The number of ether oxygens (including phenoxy) is 1. The summed E-state index contributed by atoms with van der Waals surface area (Å²) in [7, 11) is 1.26. The van der Waals surface area contributed by atoms with Gasteiger partial charge in [-0.05, 0) is 12.1 Å². The highest BCUT2D eigenvalue weighted by atomic mass is 32.2. The Labute approximate surface area is 161 Å². The molecule has 0 spiro atoms. The van der Waals surface area contributed by atoms with Gasteiger partial charge in [0, 0.05) is 34.4 Å². The quantitative estimate of drug-likeness (QED) is 0.653. The van der Waals surface area contributed by atoms with E-state index in [1.807, 2.05) is 0 Å². The SMILES string of the molecule is CN(C)C(=O)[C@@H]1CN(S(=O)(=O)c2cn(C)c(=O)n(C)c2=O)c2ccccc2O1. The van der Waals surface area contributed by atoms with Crippen LogP contribution in [-0.2, 0) is 28.9 Å². The molecule has 0 aliphatic carbocycles. The Morgan fingerprint density at radius 3 is 2.46 bits per heavy atom. The van der Waals surface area contributed by atoms with Gasteiger partial charge in [0.25, 0.3) is 21.5 Å². The van der Waals surface area contributed by atoms with E-state index in [4.69, 9.17) is 4.74 Å². The summed E-state index contributed by atoms with van der Waals surface area (Å²) in [5.74, 6) is -0.206. The predicted molar refractivity (Wildman–Crippen MR) is 101 cm³/mol. The Morgan fingerprint density at radius 1 is 1.18 bits per heavy atom. The van der Waals surface area contributed by atoms with Crippen molar-refractivity contribution in [2.24, 2.45) is 14.1 Å². The number of likely N-dealkylation sites (N-methyl/N-ethyl adjacent to an activating group) is 1. The summed E-state index contributed by atoms with van der Waals surface area (Å²) >= 11 is 0. The fourth-order valence-electron chi connectivity index (χ4n) is 2.92. The molecule has 1 amide bonds. The fourth-order valence-corrected chi connectivity index (χ4v) is 4.54. The maximum atomic E-state index is 13.3. The molecule has 0 unspecified atom stereocenters. The zero-order valence-corrected chi connectivity index (χ0v) is 16.6. The lowest BCUT2D eigenvalue weighted by molar-refractivity contribution is -0.135. The third kappa shape index (κ3) is 3.07. The van der Waals surface area contributed by atoms with Gasteiger partial charge in [0.1, 0.15) is 5.75 Å². The number of benzene rings is 1. The maximum absolute atomic E-state index is 13.3. The van der Waals surface area contributed by atoms with Crippen molar-refractivity contribution >= 4 is 21.6 Å². The van der Waals surface area contributed by atoms with Crippen LogP contribution in [0.5, 0.6) is 5.75 Å².